The third-order valence-electron chi connectivity index (χ3n) is 5.90. The number of piperidine rings is 1. The summed E-state index contributed by atoms with van der Waals surface area (Å²) in [5.74, 6) is 1.01. The monoisotopic (exact) mass is 474 g/mol. The summed E-state index contributed by atoms with van der Waals surface area (Å²) in [4.78, 5) is 26.6. The molecule has 0 bridgehead atoms. The second-order valence-corrected chi connectivity index (χ2v) is 9.80. The number of hydrogen-bond donors (Lipinski definition) is 2. The van der Waals surface area contributed by atoms with E-state index in [-0.39, 0.29) is 19.1 Å². The van der Waals surface area contributed by atoms with Crippen LogP contribution in [0, 0.1) is 12.3 Å². The van der Waals surface area contributed by atoms with Gasteiger partial charge in [-0.15, -0.1) is 6.42 Å². The Morgan fingerprint density at radius 1 is 1.18 bits per heavy atom. The van der Waals surface area contributed by atoms with E-state index in [4.69, 9.17) is 22.1 Å². The fourth-order valence-electron chi connectivity index (χ4n) is 4.15. The summed E-state index contributed by atoms with van der Waals surface area (Å²) in [6.45, 7) is 2.13. The van der Waals surface area contributed by atoms with Crippen molar-refractivity contribution in [1.82, 2.24) is 19.8 Å². The van der Waals surface area contributed by atoms with Crippen LogP contribution in [-0.2, 0) is 27.1 Å². The predicted molar refractivity (Wildman–Crippen MR) is 137 cm³/mol. The Bertz CT molecular complexity index is 1090. The molecule has 0 saturated carbocycles. The van der Waals surface area contributed by atoms with Crippen LogP contribution in [0.2, 0.25) is 0 Å². The van der Waals surface area contributed by atoms with Crippen molar-refractivity contribution in [3.63, 3.8) is 0 Å². The van der Waals surface area contributed by atoms with Crippen molar-refractivity contribution in [1.29, 1.82) is 0 Å². The molecule has 2 amide bonds. The molecule has 1 heterocycles. The van der Waals surface area contributed by atoms with Gasteiger partial charge in [-0.1, -0.05) is 48.4 Å². The van der Waals surface area contributed by atoms with Gasteiger partial charge in [0.05, 0.1) is 24.1 Å². The second-order valence-electron chi connectivity index (χ2n) is 8.48. The lowest BCUT2D eigenvalue weighted by molar-refractivity contribution is -0.126. The molecule has 0 spiro atoms. The van der Waals surface area contributed by atoms with Gasteiger partial charge < -0.3 is 10.6 Å². The highest BCUT2D eigenvalue weighted by molar-refractivity contribution is 7.81. The average molecular weight is 474 g/mol. The van der Waals surface area contributed by atoms with Crippen molar-refractivity contribution in [2.45, 2.75) is 30.8 Å². The normalized spacial score (nSPS) is 16.1. The van der Waals surface area contributed by atoms with Gasteiger partial charge in [0.25, 0.3) is 0 Å². The number of carbonyl (C=O) groups is 2. The van der Waals surface area contributed by atoms with Gasteiger partial charge in [-0.2, -0.15) is 0 Å². The first-order valence-electron chi connectivity index (χ1n) is 11.1. The fraction of sp³-hybridized carbons (Fsp3) is 0.417. The number of carbonyl (C=O) groups excluding carboxylic acids is 2. The molecule has 2 aromatic carbocycles. The van der Waals surface area contributed by atoms with E-state index in [9.17, 15) is 13.8 Å². The SMILES string of the molecule is [B]C([B])(C#C)NC(=O)CNC(=O)CN(C1CCN(Cc2cccc3ccccc23)CC1)S(C)=O. The molecule has 2 aromatic rings. The van der Waals surface area contributed by atoms with Crippen molar-refractivity contribution in [3.8, 4) is 12.3 Å². The molecule has 7 nitrogen and oxygen atoms in total. The smallest absolute Gasteiger partial charge is 0.239 e. The number of nitrogens with zero attached hydrogens (tertiary/aromatic N) is 2. The van der Waals surface area contributed by atoms with Gasteiger partial charge in [0.1, 0.15) is 15.7 Å². The Kier molecular flexibility index (Phi) is 8.95. The van der Waals surface area contributed by atoms with E-state index in [0.717, 1.165) is 32.5 Å². The number of fused-ring (bicyclic) bond motifs is 1. The molecule has 0 aliphatic carbocycles. The third-order valence-corrected chi connectivity index (χ3v) is 6.99. The van der Waals surface area contributed by atoms with Crippen LogP contribution in [-0.4, -0.2) is 84.7 Å². The summed E-state index contributed by atoms with van der Waals surface area (Å²) in [5, 5.41) is 5.42. The van der Waals surface area contributed by atoms with Gasteiger partial charge in [-0.05, 0) is 29.2 Å². The summed E-state index contributed by atoms with van der Waals surface area (Å²) in [5.41, 5.74) is 1.29. The lowest BCUT2D eigenvalue weighted by atomic mass is 9.62. The van der Waals surface area contributed by atoms with Crippen molar-refractivity contribution in [2.24, 2.45) is 0 Å². The largest absolute Gasteiger partial charge is 0.355 e. The number of rotatable bonds is 9. The van der Waals surface area contributed by atoms with Gasteiger partial charge in [0, 0.05) is 37.3 Å². The Hall–Kier alpha value is -2.60. The lowest BCUT2D eigenvalue weighted by Gasteiger charge is -2.37. The van der Waals surface area contributed by atoms with Crippen LogP contribution in [0.1, 0.15) is 18.4 Å². The molecule has 4 radical (unpaired) electrons. The van der Waals surface area contributed by atoms with E-state index in [1.54, 1.807) is 10.6 Å². The van der Waals surface area contributed by atoms with Crippen molar-refractivity contribution >= 4 is 49.3 Å². The molecule has 2 N–H and O–H groups in total. The molecule has 1 unspecified atom stereocenters. The van der Waals surface area contributed by atoms with Crippen LogP contribution in [0.4, 0.5) is 0 Å². The minimum atomic E-state index is -1.78. The highest BCUT2D eigenvalue weighted by Crippen LogP contribution is 2.23. The molecular weight excluding hydrogens is 446 g/mol. The molecule has 3 rings (SSSR count). The maximum Gasteiger partial charge on any atom is 0.239 e. The zero-order chi connectivity index (χ0) is 24.7. The molecule has 1 fully saturated rings. The first-order valence-corrected chi connectivity index (χ1v) is 12.6. The summed E-state index contributed by atoms with van der Waals surface area (Å²) in [7, 11) is 9.61. The zero-order valence-electron chi connectivity index (χ0n) is 19.3. The second kappa shape index (κ2) is 11.7. The van der Waals surface area contributed by atoms with E-state index in [2.05, 4.69) is 51.9 Å². The fourth-order valence-corrected chi connectivity index (χ4v) is 5.08. The number of amides is 2. The van der Waals surface area contributed by atoms with Crippen molar-refractivity contribution in [2.75, 3.05) is 32.4 Å². The highest BCUT2D eigenvalue weighted by Gasteiger charge is 2.28. The first kappa shape index (κ1) is 26.0. The topological polar surface area (TPSA) is 81.8 Å². The Morgan fingerprint density at radius 3 is 2.53 bits per heavy atom. The predicted octanol–water partition coefficient (Wildman–Crippen LogP) is 0.256. The summed E-state index contributed by atoms with van der Waals surface area (Å²) >= 11 is 0. The third kappa shape index (κ3) is 7.20. The number of terminal acetylenes is 1. The number of benzene rings is 2. The van der Waals surface area contributed by atoms with Gasteiger partial charge in [0.2, 0.25) is 11.8 Å². The van der Waals surface area contributed by atoms with Crippen molar-refractivity contribution < 1.29 is 13.8 Å². The lowest BCUT2D eigenvalue weighted by Crippen LogP contribution is -2.53. The van der Waals surface area contributed by atoms with Crippen LogP contribution < -0.4 is 10.6 Å². The number of likely N-dealkylation sites (tertiary alicyclic amines) is 1. The van der Waals surface area contributed by atoms with Crippen molar-refractivity contribution in [3.05, 3.63) is 48.0 Å². The quantitative estimate of drug-likeness (QED) is 0.404. The summed E-state index contributed by atoms with van der Waals surface area (Å²) in [6.07, 6.45) is 8.28. The first-order chi connectivity index (χ1) is 16.2. The minimum Gasteiger partial charge on any atom is -0.355 e. The molecular formula is C24H28B2N4O3S. The van der Waals surface area contributed by atoms with Gasteiger partial charge in [-0.3, -0.25) is 14.5 Å². The van der Waals surface area contributed by atoms with Crippen LogP contribution in [0.3, 0.4) is 0 Å². The van der Waals surface area contributed by atoms with Crippen LogP contribution in [0.15, 0.2) is 42.5 Å². The Balaban J connectivity index is 1.51. The zero-order valence-corrected chi connectivity index (χ0v) is 20.1. The van der Waals surface area contributed by atoms with Crippen LogP contribution >= 0.6 is 0 Å². The number of hydrogen-bond acceptors (Lipinski definition) is 4. The minimum absolute atomic E-state index is 0.0105. The summed E-state index contributed by atoms with van der Waals surface area (Å²) < 4.78 is 14.1. The van der Waals surface area contributed by atoms with E-state index < -0.39 is 28.1 Å². The number of nitrogens with one attached hydrogen (secondary N) is 2. The van der Waals surface area contributed by atoms with E-state index in [1.807, 2.05) is 12.0 Å². The molecule has 34 heavy (non-hydrogen) atoms. The molecule has 0 aromatic heterocycles. The highest BCUT2D eigenvalue weighted by atomic mass is 32.2. The van der Waals surface area contributed by atoms with E-state index in [1.165, 1.54) is 16.3 Å². The molecule has 1 aliphatic heterocycles. The van der Waals surface area contributed by atoms with Gasteiger partial charge in [0.15, 0.2) is 0 Å². The maximum absolute atomic E-state index is 12.4. The molecule has 10 heteroatoms. The molecule has 1 aliphatic rings. The summed E-state index contributed by atoms with van der Waals surface area (Å²) in [6, 6.07) is 14.7. The van der Waals surface area contributed by atoms with Gasteiger partial charge in [-0.25, -0.2) is 8.51 Å². The van der Waals surface area contributed by atoms with E-state index in [0.29, 0.717) is 0 Å². The standard InChI is InChI=1S/C24H28B2N4O3S/c1-3-24(25,26)28-22(31)15-27-23(32)17-30(34(2)33)20-11-13-29(14-12-20)16-19-9-6-8-18-7-4-5-10-21(18)19/h1,4-10,20H,11-17H2,2H3,(H,27,32)(H,28,31). The Morgan fingerprint density at radius 2 is 1.85 bits per heavy atom. The van der Waals surface area contributed by atoms with Crippen LogP contribution in [0.25, 0.3) is 10.8 Å². The van der Waals surface area contributed by atoms with Crippen LogP contribution in [0.5, 0.6) is 0 Å². The molecule has 1 saturated heterocycles. The molecule has 174 valence electrons. The van der Waals surface area contributed by atoms with E-state index >= 15 is 0 Å². The molecule has 1 atom stereocenters. The van der Waals surface area contributed by atoms with Gasteiger partial charge >= 0.3 is 0 Å². The maximum atomic E-state index is 12.4. The average Bonchev–Trinajstić information content (AvgIpc) is 2.82. The Labute approximate surface area is 206 Å².